The van der Waals surface area contributed by atoms with Crippen LogP contribution >= 0.6 is 0 Å². The van der Waals surface area contributed by atoms with Crippen molar-refractivity contribution in [3.05, 3.63) is 17.0 Å². The summed E-state index contributed by atoms with van der Waals surface area (Å²) in [4.78, 5) is 4.89. The zero-order chi connectivity index (χ0) is 18.6. The van der Waals surface area contributed by atoms with Crippen molar-refractivity contribution in [3.8, 4) is 0 Å². The SMILES string of the molecule is Cc1nn(C(C)C)c(C)c1CN1CCN(CC2CC2)C2CS(=O)(=O)CC21. The second-order valence-electron chi connectivity index (χ2n) is 8.81. The third-order valence-electron chi connectivity index (χ3n) is 6.42. The average Bonchev–Trinajstić information content (AvgIpc) is 3.24. The highest BCUT2D eigenvalue weighted by molar-refractivity contribution is 7.91. The number of fused-ring (bicyclic) bond motifs is 1. The Morgan fingerprint density at radius 1 is 1.08 bits per heavy atom. The molecule has 146 valence electrons. The van der Waals surface area contributed by atoms with Gasteiger partial charge in [0.15, 0.2) is 9.84 Å². The molecule has 0 N–H and O–H groups in total. The molecule has 0 radical (unpaired) electrons. The van der Waals surface area contributed by atoms with E-state index in [1.54, 1.807) is 0 Å². The smallest absolute Gasteiger partial charge is 0.153 e. The summed E-state index contributed by atoms with van der Waals surface area (Å²) in [5.74, 6) is 1.46. The molecule has 1 aromatic heterocycles. The Labute approximate surface area is 157 Å². The van der Waals surface area contributed by atoms with E-state index in [1.165, 1.54) is 24.1 Å². The van der Waals surface area contributed by atoms with Gasteiger partial charge in [-0.3, -0.25) is 14.5 Å². The van der Waals surface area contributed by atoms with E-state index in [4.69, 9.17) is 5.10 Å². The molecule has 1 aliphatic carbocycles. The van der Waals surface area contributed by atoms with Gasteiger partial charge in [-0.2, -0.15) is 5.10 Å². The summed E-state index contributed by atoms with van der Waals surface area (Å²) in [6, 6.07) is 0.654. The zero-order valence-corrected chi connectivity index (χ0v) is 17.3. The Balaban J connectivity index is 1.56. The molecule has 4 rings (SSSR count). The second-order valence-corrected chi connectivity index (χ2v) is 11.0. The number of nitrogens with zero attached hydrogens (tertiary/aromatic N) is 4. The van der Waals surface area contributed by atoms with Crippen molar-refractivity contribution in [1.82, 2.24) is 19.6 Å². The molecule has 3 fully saturated rings. The predicted molar refractivity (Wildman–Crippen MR) is 103 cm³/mol. The van der Waals surface area contributed by atoms with E-state index in [2.05, 4.69) is 42.2 Å². The summed E-state index contributed by atoms with van der Waals surface area (Å²) in [7, 11) is -2.93. The zero-order valence-electron chi connectivity index (χ0n) is 16.5. The molecule has 7 heteroatoms. The van der Waals surface area contributed by atoms with E-state index in [0.29, 0.717) is 17.5 Å². The Morgan fingerprint density at radius 2 is 1.69 bits per heavy atom. The van der Waals surface area contributed by atoms with Gasteiger partial charge in [0.1, 0.15) is 0 Å². The highest BCUT2D eigenvalue weighted by Gasteiger charge is 2.47. The number of aryl methyl sites for hydroxylation is 1. The molecule has 0 aromatic carbocycles. The summed E-state index contributed by atoms with van der Waals surface area (Å²) < 4.78 is 26.9. The van der Waals surface area contributed by atoms with Crippen molar-refractivity contribution < 1.29 is 8.42 Å². The van der Waals surface area contributed by atoms with Crippen molar-refractivity contribution >= 4 is 9.84 Å². The molecule has 1 aromatic rings. The molecule has 1 saturated carbocycles. The van der Waals surface area contributed by atoms with Crippen LogP contribution in [0.5, 0.6) is 0 Å². The number of hydrogen-bond donors (Lipinski definition) is 0. The maximum Gasteiger partial charge on any atom is 0.153 e. The van der Waals surface area contributed by atoms with Crippen LogP contribution in [0.15, 0.2) is 0 Å². The molecular formula is C19H32N4O2S. The van der Waals surface area contributed by atoms with Crippen LogP contribution in [0.3, 0.4) is 0 Å². The maximum absolute atomic E-state index is 12.4. The number of rotatable bonds is 5. The highest BCUT2D eigenvalue weighted by Crippen LogP contribution is 2.35. The largest absolute Gasteiger partial charge is 0.296 e. The number of piperazine rings is 1. The minimum absolute atomic E-state index is 0.133. The van der Waals surface area contributed by atoms with Crippen molar-refractivity contribution in [2.45, 2.75) is 65.2 Å². The average molecular weight is 381 g/mol. The Kier molecular flexibility index (Phi) is 4.68. The van der Waals surface area contributed by atoms with Gasteiger partial charge in [-0.15, -0.1) is 0 Å². The fourth-order valence-electron chi connectivity index (χ4n) is 4.78. The predicted octanol–water partition coefficient (Wildman–Crippen LogP) is 1.77. The minimum atomic E-state index is -2.93. The molecule has 0 spiro atoms. The summed E-state index contributed by atoms with van der Waals surface area (Å²) in [5.41, 5.74) is 3.57. The van der Waals surface area contributed by atoms with Gasteiger partial charge in [-0.05, 0) is 46.5 Å². The van der Waals surface area contributed by atoms with Crippen molar-refractivity contribution in [1.29, 1.82) is 0 Å². The van der Waals surface area contributed by atoms with Gasteiger partial charge in [-0.25, -0.2) is 8.42 Å². The fourth-order valence-corrected chi connectivity index (χ4v) is 6.83. The molecule has 3 aliphatic rings. The number of aromatic nitrogens is 2. The standard InChI is InChI=1S/C19H32N4O2S/c1-13(2)23-15(4)17(14(3)20-23)10-22-8-7-21(9-16-5-6-16)18-11-26(24,25)12-19(18)22/h13,16,18-19H,5-12H2,1-4H3. The van der Waals surface area contributed by atoms with E-state index >= 15 is 0 Å². The first-order chi connectivity index (χ1) is 12.2. The summed E-state index contributed by atoms with van der Waals surface area (Å²) in [6.45, 7) is 12.4. The summed E-state index contributed by atoms with van der Waals surface area (Å²) in [6.07, 6.45) is 2.63. The normalized spacial score (nSPS) is 29.4. The molecule has 2 aliphatic heterocycles. The molecule has 3 heterocycles. The van der Waals surface area contributed by atoms with Crippen LogP contribution in [-0.4, -0.2) is 71.2 Å². The lowest BCUT2D eigenvalue weighted by Crippen LogP contribution is -2.59. The van der Waals surface area contributed by atoms with Crippen LogP contribution in [0, 0.1) is 19.8 Å². The van der Waals surface area contributed by atoms with Crippen LogP contribution in [-0.2, 0) is 16.4 Å². The van der Waals surface area contributed by atoms with Crippen LogP contribution in [0.1, 0.15) is 49.7 Å². The lowest BCUT2D eigenvalue weighted by molar-refractivity contribution is 0.0374. The topological polar surface area (TPSA) is 58.4 Å². The van der Waals surface area contributed by atoms with Crippen LogP contribution < -0.4 is 0 Å². The molecular weight excluding hydrogens is 348 g/mol. The maximum atomic E-state index is 12.4. The Morgan fingerprint density at radius 3 is 2.27 bits per heavy atom. The van der Waals surface area contributed by atoms with Gasteiger partial charge < -0.3 is 0 Å². The van der Waals surface area contributed by atoms with Gasteiger partial charge in [0, 0.05) is 55.6 Å². The summed E-state index contributed by atoms with van der Waals surface area (Å²) in [5, 5.41) is 4.71. The van der Waals surface area contributed by atoms with E-state index in [1.807, 2.05) is 0 Å². The molecule has 2 saturated heterocycles. The van der Waals surface area contributed by atoms with Gasteiger partial charge in [-0.1, -0.05) is 0 Å². The third-order valence-corrected chi connectivity index (χ3v) is 8.12. The van der Waals surface area contributed by atoms with E-state index in [-0.39, 0.29) is 12.1 Å². The molecule has 0 bridgehead atoms. The van der Waals surface area contributed by atoms with Crippen LogP contribution in [0.25, 0.3) is 0 Å². The molecule has 0 amide bonds. The Bertz CT molecular complexity index is 782. The number of hydrogen-bond acceptors (Lipinski definition) is 5. The van der Waals surface area contributed by atoms with E-state index in [9.17, 15) is 8.42 Å². The third kappa shape index (κ3) is 3.45. The van der Waals surface area contributed by atoms with Gasteiger partial charge in [0.25, 0.3) is 0 Å². The molecule has 2 unspecified atom stereocenters. The van der Waals surface area contributed by atoms with Gasteiger partial charge >= 0.3 is 0 Å². The second kappa shape index (κ2) is 6.60. The van der Waals surface area contributed by atoms with Crippen molar-refractivity contribution in [2.24, 2.45) is 5.92 Å². The van der Waals surface area contributed by atoms with Gasteiger partial charge in [0.05, 0.1) is 17.2 Å². The van der Waals surface area contributed by atoms with E-state index in [0.717, 1.165) is 37.8 Å². The minimum Gasteiger partial charge on any atom is -0.296 e. The van der Waals surface area contributed by atoms with Gasteiger partial charge in [0.2, 0.25) is 0 Å². The first-order valence-electron chi connectivity index (χ1n) is 9.98. The molecule has 2 atom stereocenters. The highest BCUT2D eigenvalue weighted by atomic mass is 32.2. The summed E-state index contributed by atoms with van der Waals surface area (Å²) >= 11 is 0. The van der Waals surface area contributed by atoms with E-state index < -0.39 is 9.84 Å². The quantitative estimate of drug-likeness (QED) is 0.779. The monoisotopic (exact) mass is 380 g/mol. The van der Waals surface area contributed by atoms with Crippen molar-refractivity contribution in [3.63, 3.8) is 0 Å². The van der Waals surface area contributed by atoms with Crippen LogP contribution in [0.4, 0.5) is 0 Å². The molecule has 6 nitrogen and oxygen atoms in total. The van der Waals surface area contributed by atoms with Crippen molar-refractivity contribution in [2.75, 3.05) is 31.1 Å². The molecule has 26 heavy (non-hydrogen) atoms. The first-order valence-corrected chi connectivity index (χ1v) is 11.8. The van der Waals surface area contributed by atoms with Crippen LogP contribution in [0.2, 0.25) is 0 Å². The Hall–Kier alpha value is -0.920. The number of sulfone groups is 1. The lowest BCUT2D eigenvalue weighted by atomic mass is 10.0. The lowest BCUT2D eigenvalue weighted by Gasteiger charge is -2.44. The first kappa shape index (κ1) is 18.4. The fraction of sp³-hybridized carbons (Fsp3) is 0.842.